The Morgan fingerprint density at radius 3 is 2.94 bits per heavy atom. The number of halogens is 3. The van der Waals surface area contributed by atoms with Crippen LogP contribution in [0.25, 0.3) is 21.3 Å². The first-order valence-electron chi connectivity index (χ1n) is 10.7. The van der Waals surface area contributed by atoms with E-state index in [2.05, 4.69) is 25.2 Å². The highest BCUT2D eigenvalue weighted by molar-refractivity contribution is 7.18. The van der Waals surface area contributed by atoms with E-state index >= 15 is 0 Å². The topological polar surface area (TPSA) is 87.0 Å². The summed E-state index contributed by atoms with van der Waals surface area (Å²) in [5.41, 5.74) is 2.28. The van der Waals surface area contributed by atoms with E-state index in [4.69, 9.17) is 4.42 Å². The van der Waals surface area contributed by atoms with Crippen LogP contribution in [0.3, 0.4) is 0 Å². The maximum atomic E-state index is 12.8. The number of hydrogen-bond donors (Lipinski definition) is 2. The number of fused-ring (bicyclic) bond motifs is 2. The molecule has 1 aliphatic carbocycles. The Bertz CT molecular complexity index is 1400. The van der Waals surface area contributed by atoms with E-state index in [1.165, 1.54) is 6.33 Å². The van der Waals surface area contributed by atoms with Crippen molar-refractivity contribution >= 4 is 44.2 Å². The molecule has 11 heteroatoms. The van der Waals surface area contributed by atoms with Crippen molar-refractivity contribution in [1.29, 1.82) is 0 Å². The van der Waals surface area contributed by atoms with Crippen molar-refractivity contribution in [2.45, 2.75) is 37.9 Å². The first-order valence-corrected chi connectivity index (χ1v) is 11.5. The Morgan fingerprint density at radius 1 is 1.27 bits per heavy atom. The highest BCUT2D eigenvalue weighted by atomic mass is 32.1. The highest BCUT2D eigenvalue weighted by Crippen LogP contribution is 2.50. The van der Waals surface area contributed by atoms with E-state index < -0.39 is 18.4 Å². The zero-order valence-electron chi connectivity index (χ0n) is 17.4. The number of alkyl halides is 3. The fourth-order valence-corrected chi connectivity index (χ4v) is 6.26. The molecule has 0 amide bonds. The number of H-pyrrole nitrogens is 1. The number of aromatic amines is 1. The molecule has 172 valence electrons. The first kappa shape index (κ1) is 20.5. The molecule has 6 rings (SSSR count). The monoisotopic (exact) mass is 475 g/mol. The van der Waals surface area contributed by atoms with Gasteiger partial charge in [0.1, 0.15) is 17.0 Å². The van der Waals surface area contributed by atoms with Gasteiger partial charge >= 0.3 is 11.9 Å². The van der Waals surface area contributed by atoms with E-state index in [1.807, 2.05) is 18.2 Å². The lowest BCUT2D eigenvalue weighted by molar-refractivity contribution is -0.126. The third kappa shape index (κ3) is 3.84. The smallest absolute Gasteiger partial charge is 0.408 e. The molecular formula is C22H20F3N5O2S. The first-order chi connectivity index (χ1) is 15.8. The van der Waals surface area contributed by atoms with Gasteiger partial charge in [-0.3, -0.25) is 4.98 Å². The Labute approximate surface area is 189 Å². The summed E-state index contributed by atoms with van der Waals surface area (Å²) >= 11 is 1.08. The summed E-state index contributed by atoms with van der Waals surface area (Å²) in [6.07, 6.45) is -0.732. The quantitative estimate of drug-likeness (QED) is 0.445. The maximum absolute atomic E-state index is 12.8. The summed E-state index contributed by atoms with van der Waals surface area (Å²) in [7, 11) is 0. The number of hydrogen-bond acceptors (Lipinski definition) is 7. The van der Waals surface area contributed by atoms with Crippen LogP contribution in [0.2, 0.25) is 0 Å². The minimum absolute atomic E-state index is 0.171. The van der Waals surface area contributed by atoms with Gasteiger partial charge in [0.25, 0.3) is 0 Å². The number of anilines is 2. The van der Waals surface area contributed by atoms with E-state index in [0.717, 1.165) is 55.2 Å². The average Bonchev–Trinajstić information content (AvgIpc) is 3.41. The lowest BCUT2D eigenvalue weighted by Crippen LogP contribution is -2.46. The summed E-state index contributed by atoms with van der Waals surface area (Å²) in [6.45, 7) is 1.65. The number of oxazole rings is 1. The molecule has 1 saturated carbocycles. The van der Waals surface area contributed by atoms with Crippen LogP contribution in [-0.2, 0) is 6.42 Å². The molecule has 4 aromatic rings. The predicted molar refractivity (Wildman–Crippen MR) is 120 cm³/mol. The minimum Gasteiger partial charge on any atom is -0.408 e. The molecule has 0 unspecified atom stereocenters. The molecule has 0 radical (unpaired) electrons. The summed E-state index contributed by atoms with van der Waals surface area (Å²) in [5, 5.41) is 4.22. The van der Waals surface area contributed by atoms with Crippen LogP contribution in [0.5, 0.6) is 0 Å². The van der Waals surface area contributed by atoms with Gasteiger partial charge in [0, 0.05) is 35.8 Å². The van der Waals surface area contributed by atoms with Crippen LogP contribution in [0.1, 0.15) is 24.1 Å². The van der Waals surface area contributed by atoms with Crippen LogP contribution in [0.4, 0.5) is 24.7 Å². The molecule has 2 N–H and O–H groups in total. The van der Waals surface area contributed by atoms with Gasteiger partial charge in [0.15, 0.2) is 5.58 Å². The fourth-order valence-electron chi connectivity index (χ4n) is 5.24. The second kappa shape index (κ2) is 7.21. The van der Waals surface area contributed by atoms with Crippen LogP contribution < -0.4 is 16.0 Å². The van der Waals surface area contributed by atoms with Crippen molar-refractivity contribution in [3.63, 3.8) is 0 Å². The van der Waals surface area contributed by atoms with Crippen LogP contribution in [0, 0.1) is 5.41 Å². The van der Waals surface area contributed by atoms with Crippen molar-refractivity contribution in [2.75, 3.05) is 23.3 Å². The normalized spacial score (nSPS) is 23.0. The summed E-state index contributed by atoms with van der Waals surface area (Å²) in [4.78, 5) is 25.6. The average molecular weight is 475 g/mol. The lowest BCUT2D eigenvalue weighted by Gasteiger charge is -2.46. The maximum Gasteiger partial charge on any atom is 0.417 e. The van der Waals surface area contributed by atoms with Gasteiger partial charge in [0.05, 0.1) is 17.3 Å². The molecule has 7 nitrogen and oxygen atoms in total. The Hall–Kier alpha value is -3.08. The largest absolute Gasteiger partial charge is 0.417 e. The van der Waals surface area contributed by atoms with Crippen molar-refractivity contribution in [1.82, 2.24) is 15.0 Å². The van der Waals surface area contributed by atoms with Gasteiger partial charge in [-0.2, -0.15) is 13.2 Å². The number of aromatic nitrogens is 3. The molecule has 2 aliphatic rings. The van der Waals surface area contributed by atoms with Crippen molar-refractivity contribution in [3.05, 3.63) is 46.0 Å². The Morgan fingerprint density at radius 2 is 2.12 bits per heavy atom. The highest BCUT2D eigenvalue weighted by Gasteiger charge is 2.49. The second-order valence-corrected chi connectivity index (χ2v) is 10.2. The number of benzene rings is 1. The SMILES string of the molecule is O=c1[nH]c2ccc(NC3CC4(CCN(c5ncnc6sc(CC(F)(F)F)cc56)C4)C3)cc2o1. The van der Waals surface area contributed by atoms with E-state index in [-0.39, 0.29) is 10.3 Å². The Balaban J connectivity index is 1.14. The number of nitrogens with one attached hydrogen (secondary N) is 2. The van der Waals surface area contributed by atoms with E-state index in [0.29, 0.717) is 27.4 Å². The van der Waals surface area contributed by atoms with E-state index in [9.17, 15) is 18.0 Å². The molecule has 2 fully saturated rings. The lowest BCUT2D eigenvalue weighted by atomic mass is 9.65. The summed E-state index contributed by atoms with van der Waals surface area (Å²) in [5.74, 6) is 0.261. The van der Waals surface area contributed by atoms with E-state index in [1.54, 1.807) is 6.07 Å². The molecule has 1 aromatic carbocycles. The van der Waals surface area contributed by atoms with Gasteiger partial charge in [-0.05, 0) is 42.9 Å². The summed E-state index contributed by atoms with van der Waals surface area (Å²) in [6, 6.07) is 7.48. The van der Waals surface area contributed by atoms with Crippen molar-refractivity contribution < 1.29 is 17.6 Å². The van der Waals surface area contributed by atoms with Crippen molar-refractivity contribution in [2.24, 2.45) is 5.41 Å². The van der Waals surface area contributed by atoms with Gasteiger partial charge in [-0.15, -0.1) is 11.3 Å². The van der Waals surface area contributed by atoms with Crippen molar-refractivity contribution in [3.8, 4) is 0 Å². The molecular weight excluding hydrogens is 455 g/mol. The zero-order valence-corrected chi connectivity index (χ0v) is 18.2. The predicted octanol–water partition coefficient (Wildman–Crippen LogP) is 4.70. The molecule has 1 saturated heterocycles. The number of nitrogens with zero attached hydrogens (tertiary/aromatic N) is 3. The van der Waals surface area contributed by atoms with Gasteiger partial charge in [-0.1, -0.05) is 0 Å². The van der Waals surface area contributed by atoms with Gasteiger partial charge in [-0.25, -0.2) is 14.8 Å². The zero-order chi connectivity index (χ0) is 22.8. The number of thiophene rings is 1. The van der Waals surface area contributed by atoms with Crippen LogP contribution in [-0.4, -0.2) is 40.3 Å². The third-order valence-electron chi connectivity index (χ3n) is 6.62. The van der Waals surface area contributed by atoms with Gasteiger partial charge < -0.3 is 14.6 Å². The molecule has 3 aromatic heterocycles. The van der Waals surface area contributed by atoms with Gasteiger partial charge in [0.2, 0.25) is 0 Å². The molecule has 1 aliphatic heterocycles. The molecule has 1 spiro atoms. The fraction of sp³-hybridized carbons (Fsp3) is 0.409. The second-order valence-electron chi connectivity index (χ2n) is 9.07. The van der Waals surface area contributed by atoms with Crippen LogP contribution in [0.15, 0.2) is 39.8 Å². The minimum atomic E-state index is -4.24. The Kier molecular flexibility index (Phi) is 4.48. The third-order valence-corrected chi connectivity index (χ3v) is 7.67. The molecule has 0 atom stereocenters. The molecule has 0 bridgehead atoms. The number of rotatable bonds is 4. The molecule has 4 heterocycles. The van der Waals surface area contributed by atoms with Crippen LogP contribution >= 0.6 is 11.3 Å². The standard InChI is InChI=1S/C22H20F3N5O2S/c23-22(24,25)9-14-6-15-18(26-11-27-19(15)33-14)30-4-3-21(10-30)7-13(8-21)28-12-1-2-16-17(5-12)32-20(31)29-16/h1-2,5-6,11,13,28H,3-4,7-10H2,(H,29,31). The summed E-state index contributed by atoms with van der Waals surface area (Å²) < 4.78 is 43.6. The molecule has 33 heavy (non-hydrogen) atoms.